The maximum Gasteiger partial charge on any atom is 0.237 e. The molecule has 0 radical (unpaired) electrons. The first-order valence-electron chi connectivity index (χ1n) is 13.5. The molecule has 1 aromatic heterocycles. The van der Waals surface area contributed by atoms with E-state index in [1.165, 1.54) is 24.8 Å². The number of amides is 1. The van der Waals surface area contributed by atoms with E-state index < -0.39 is 0 Å². The molecule has 0 saturated carbocycles. The number of likely N-dealkylation sites (tertiary alicyclic amines) is 1. The van der Waals surface area contributed by atoms with E-state index in [-0.39, 0.29) is 11.9 Å². The highest BCUT2D eigenvalue weighted by Crippen LogP contribution is 2.41. The van der Waals surface area contributed by atoms with Gasteiger partial charge < -0.3 is 10.6 Å². The minimum absolute atomic E-state index is 0.100. The summed E-state index contributed by atoms with van der Waals surface area (Å²) in [5.41, 5.74) is 5.73. The van der Waals surface area contributed by atoms with Crippen molar-refractivity contribution in [2.75, 3.05) is 19.6 Å². The number of allylic oxidation sites excluding steroid dienone is 1. The van der Waals surface area contributed by atoms with Gasteiger partial charge in [0, 0.05) is 38.1 Å². The molecule has 2 aromatic rings. The number of carbonyl (C=O) groups is 1. The zero-order valence-corrected chi connectivity index (χ0v) is 22.2. The van der Waals surface area contributed by atoms with Gasteiger partial charge >= 0.3 is 0 Å². The van der Waals surface area contributed by atoms with E-state index in [1.54, 1.807) is 17.3 Å². The Hall–Kier alpha value is -2.76. The number of rotatable bonds is 10. The Bertz CT molecular complexity index is 1040. The molecule has 4 rings (SSSR count). The van der Waals surface area contributed by atoms with Crippen LogP contribution in [0, 0.1) is 5.41 Å². The summed E-state index contributed by atoms with van der Waals surface area (Å²) in [4.78, 5) is 19.7. The second-order valence-electron chi connectivity index (χ2n) is 11.0. The van der Waals surface area contributed by atoms with Crippen LogP contribution in [0.15, 0.2) is 72.1 Å². The van der Waals surface area contributed by atoms with Gasteiger partial charge in [0.05, 0.1) is 6.04 Å². The van der Waals surface area contributed by atoms with E-state index >= 15 is 0 Å². The maximum absolute atomic E-state index is 13.2. The van der Waals surface area contributed by atoms with Crippen LogP contribution in [0.1, 0.15) is 64.0 Å². The topological polar surface area (TPSA) is 57.3 Å². The third kappa shape index (κ3) is 7.14. The van der Waals surface area contributed by atoms with Gasteiger partial charge in [0.1, 0.15) is 0 Å². The number of nitrogens with zero attached hydrogens (tertiary/aromatic N) is 2. The van der Waals surface area contributed by atoms with Crippen molar-refractivity contribution in [2.24, 2.45) is 5.41 Å². The van der Waals surface area contributed by atoms with Gasteiger partial charge in [-0.25, -0.2) is 0 Å². The van der Waals surface area contributed by atoms with Gasteiger partial charge in [0.2, 0.25) is 5.91 Å². The number of hydrogen-bond acceptors (Lipinski definition) is 4. The van der Waals surface area contributed by atoms with Crippen molar-refractivity contribution in [3.63, 3.8) is 0 Å². The van der Waals surface area contributed by atoms with Crippen LogP contribution in [0.25, 0.3) is 6.08 Å². The number of pyridine rings is 1. The SMILES string of the molecule is CC1=C(CCN[C@H]2C[C@@H](C(=O)NCc3cccnc3)N(CC=Cc3ccccc3)C2)C(C)(C)CCC1. The Kier molecular flexibility index (Phi) is 9.11. The molecule has 0 bridgehead atoms. The minimum Gasteiger partial charge on any atom is -0.351 e. The molecule has 5 heteroatoms. The Labute approximate surface area is 217 Å². The quantitative estimate of drug-likeness (QED) is 0.444. The summed E-state index contributed by atoms with van der Waals surface area (Å²) in [6, 6.07) is 14.4. The van der Waals surface area contributed by atoms with E-state index in [4.69, 9.17) is 0 Å². The summed E-state index contributed by atoms with van der Waals surface area (Å²) in [5, 5.41) is 6.94. The first-order valence-corrected chi connectivity index (χ1v) is 13.5. The molecule has 2 heterocycles. The molecule has 1 fully saturated rings. The summed E-state index contributed by atoms with van der Waals surface area (Å²) in [7, 11) is 0. The highest BCUT2D eigenvalue weighted by atomic mass is 16.2. The van der Waals surface area contributed by atoms with E-state index in [0.29, 0.717) is 18.0 Å². The molecule has 192 valence electrons. The van der Waals surface area contributed by atoms with E-state index in [1.807, 2.05) is 24.4 Å². The summed E-state index contributed by atoms with van der Waals surface area (Å²) < 4.78 is 0. The van der Waals surface area contributed by atoms with Crippen LogP contribution in [-0.4, -0.2) is 47.5 Å². The number of benzene rings is 1. The lowest BCUT2D eigenvalue weighted by molar-refractivity contribution is -0.125. The molecule has 1 aromatic carbocycles. The minimum atomic E-state index is -0.133. The van der Waals surface area contributed by atoms with Crippen LogP contribution in [-0.2, 0) is 11.3 Å². The molecule has 1 aliphatic heterocycles. The predicted octanol–water partition coefficient (Wildman–Crippen LogP) is 5.36. The Morgan fingerprint density at radius 3 is 2.78 bits per heavy atom. The van der Waals surface area contributed by atoms with E-state index in [0.717, 1.165) is 38.0 Å². The summed E-state index contributed by atoms with van der Waals surface area (Å²) in [6.07, 6.45) is 13.6. The van der Waals surface area contributed by atoms with Gasteiger partial charge in [0.25, 0.3) is 0 Å². The van der Waals surface area contributed by atoms with Gasteiger partial charge in [-0.3, -0.25) is 14.7 Å². The molecule has 1 saturated heterocycles. The molecular weight excluding hydrogens is 444 g/mol. The van der Waals surface area contributed by atoms with Gasteiger partial charge in [-0.05, 0) is 68.2 Å². The first-order chi connectivity index (χ1) is 17.4. The lowest BCUT2D eigenvalue weighted by Crippen LogP contribution is -2.43. The van der Waals surface area contributed by atoms with Gasteiger partial charge in [-0.2, -0.15) is 0 Å². The Balaban J connectivity index is 1.36. The third-order valence-corrected chi connectivity index (χ3v) is 7.84. The normalized spacial score (nSPS) is 22.3. The molecule has 0 spiro atoms. The van der Waals surface area contributed by atoms with Crippen molar-refractivity contribution < 1.29 is 4.79 Å². The van der Waals surface area contributed by atoms with E-state index in [9.17, 15) is 4.79 Å². The van der Waals surface area contributed by atoms with Crippen molar-refractivity contribution in [2.45, 2.75) is 71.5 Å². The molecule has 5 nitrogen and oxygen atoms in total. The van der Waals surface area contributed by atoms with Crippen LogP contribution in [0.5, 0.6) is 0 Å². The van der Waals surface area contributed by atoms with Crippen molar-refractivity contribution in [1.29, 1.82) is 0 Å². The standard InChI is InChI=1S/C31H42N4O/c1-24-10-7-16-31(2,3)28(24)15-18-33-27-20-29(30(36)34-22-26-13-8-17-32-21-26)35(23-27)19-9-14-25-11-5-4-6-12-25/h4-6,8-9,11-14,17,21,27,29,33H,7,10,15-16,18-20,22-23H2,1-3H3,(H,34,36)/t27-,29-/m0/s1. The zero-order valence-electron chi connectivity index (χ0n) is 22.2. The molecule has 36 heavy (non-hydrogen) atoms. The number of nitrogens with one attached hydrogen (secondary N) is 2. The molecule has 1 aliphatic carbocycles. The van der Waals surface area contributed by atoms with E-state index in [2.05, 4.69) is 77.7 Å². The Morgan fingerprint density at radius 2 is 2.03 bits per heavy atom. The number of aromatic nitrogens is 1. The van der Waals surface area contributed by atoms with Crippen molar-refractivity contribution in [3.8, 4) is 0 Å². The summed E-state index contributed by atoms with van der Waals surface area (Å²) >= 11 is 0. The largest absolute Gasteiger partial charge is 0.351 e. The fourth-order valence-electron chi connectivity index (χ4n) is 5.85. The first kappa shape index (κ1) is 26.3. The van der Waals surface area contributed by atoms with Gasteiger partial charge in [-0.15, -0.1) is 0 Å². The van der Waals surface area contributed by atoms with Crippen molar-refractivity contribution in [1.82, 2.24) is 20.5 Å². The lowest BCUT2D eigenvalue weighted by Gasteiger charge is -2.35. The molecule has 2 N–H and O–H groups in total. The molecule has 0 unspecified atom stereocenters. The second kappa shape index (κ2) is 12.5. The molecule has 2 aliphatic rings. The highest BCUT2D eigenvalue weighted by molar-refractivity contribution is 5.82. The van der Waals surface area contributed by atoms with Crippen LogP contribution in [0.2, 0.25) is 0 Å². The lowest BCUT2D eigenvalue weighted by atomic mass is 9.71. The van der Waals surface area contributed by atoms with Crippen LogP contribution in [0.3, 0.4) is 0 Å². The fraction of sp³-hybridized carbons (Fsp3) is 0.484. The number of hydrogen-bond donors (Lipinski definition) is 2. The molecule has 2 atom stereocenters. The summed E-state index contributed by atoms with van der Waals surface area (Å²) in [5.74, 6) is 0.100. The Morgan fingerprint density at radius 1 is 1.19 bits per heavy atom. The number of carbonyl (C=O) groups excluding carboxylic acids is 1. The van der Waals surface area contributed by atoms with Gasteiger partial charge in [0.15, 0.2) is 0 Å². The monoisotopic (exact) mass is 486 g/mol. The summed E-state index contributed by atoms with van der Waals surface area (Å²) in [6.45, 7) is 10.2. The van der Waals surface area contributed by atoms with Crippen molar-refractivity contribution >= 4 is 12.0 Å². The molecular formula is C31H42N4O. The fourth-order valence-corrected chi connectivity index (χ4v) is 5.85. The van der Waals surface area contributed by atoms with Crippen LogP contribution >= 0.6 is 0 Å². The molecule has 1 amide bonds. The zero-order chi connectivity index (χ0) is 25.4. The second-order valence-corrected chi connectivity index (χ2v) is 11.0. The predicted molar refractivity (Wildman–Crippen MR) is 148 cm³/mol. The highest BCUT2D eigenvalue weighted by Gasteiger charge is 2.36. The van der Waals surface area contributed by atoms with Crippen LogP contribution in [0.4, 0.5) is 0 Å². The third-order valence-electron chi connectivity index (χ3n) is 7.84. The van der Waals surface area contributed by atoms with Crippen LogP contribution < -0.4 is 10.6 Å². The van der Waals surface area contributed by atoms with Gasteiger partial charge in [-0.1, -0.05) is 73.5 Å². The maximum atomic E-state index is 13.2. The smallest absolute Gasteiger partial charge is 0.237 e. The van der Waals surface area contributed by atoms with Crippen molar-refractivity contribution in [3.05, 3.63) is 83.2 Å². The average molecular weight is 487 g/mol. The average Bonchev–Trinajstić information content (AvgIpc) is 3.28.